The van der Waals surface area contributed by atoms with E-state index in [2.05, 4.69) is 31.2 Å². The molecule has 0 radical (unpaired) electrons. The van der Waals surface area contributed by atoms with Crippen molar-refractivity contribution in [2.45, 2.75) is 77.0 Å². The van der Waals surface area contributed by atoms with Crippen LogP contribution in [0.2, 0.25) is 0 Å². The van der Waals surface area contributed by atoms with E-state index in [0.717, 1.165) is 36.5 Å². The Balaban J connectivity index is 1.38. The van der Waals surface area contributed by atoms with E-state index >= 15 is 0 Å². The highest BCUT2D eigenvalue weighted by molar-refractivity contribution is 5.79. The summed E-state index contributed by atoms with van der Waals surface area (Å²) in [6.45, 7) is 2.17. The summed E-state index contributed by atoms with van der Waals surface area (Å²) < 4.78 is 0. The molecule has 1 aromatic carbocycles. The number of benzene rings is 1. The number of rotatable bonds is 6. The number of aryl methyl sites for hydroxylation is 1. The lowest BCUT2D eigenvalue weighted by Crippen LogP contribution is -2.25. The summed E-state index contributed by atoms with van der Waals surface area (Å²) >= 11 is 0. The zero-order valence-electron chi connectivity index (χ0n) is 16.2. The number of carboxylic acids is 1. The van der Waals surface area contributed by atoms with Gasteiger partial charge >= 0.3 is 5.97 Å². The molecule has 0 atom stereocenters. The molecule has 2 aliphatic rings. The number of hydrogen-bond acceptors (Lipinski definition) is 1. The molecule has 2 fully saturated rings. The number of allylic oxidation sites excluding steroid dienone is 1. The van der Waals surface area contributed by atoms with Gasteiger partial charge in [-0.1, -0.05) is 48.7 Å². The lowest BCUT2D eigenvalue weighted by Gasteiger charge is -2.38. The highest BCUT2D eigenvalue weighted by Crippen LogP contribution is 2.44. The van der Waals surface area contributed by atoms with Gasteiger partial charge in [0.2, 0.25) is 0 Å². The van der Waals surface area contributed by atoms with Crippen LogP contribution in [0.15, 0.2) is 36.4 Å². The summed E-state index contributed by atoms with van der Waals surface area (Å²) in [7, 11) is 0. The van der Waals surface area contributed by atoms with E-state index in [1.165, 1.54) is 63.0 Å². The Kier molecular flexibility index (Phi) is 6.93. The monoisotopic (exact) mass is 354 g/mol. The van der Waals surface area contributed by atoms with Crippen LogP contribution in [0.25, 0.3) is 0 Å². The molecule has 26 heavy (non-hydrogen) atoms. The summed E-state index contributed by atoms with van der Waals surface area (Å²) in [5.74, 6) is 2.66. The maximum absolute atomic E-state index is 10.5. The van der Waals surface area contributed by atoms with Crippen LogP contribution in [0, 0.1) is 24.7 Å². The molecule has 0 aromatic heterocycles. The van der Waals surface area contributed by atoms with E-state index in [9.17, 15) is 4.79 Å². The van der Waals surface area contributed by atoms with Crippen molar-refractivity contribution in [3.63, 3.8) is 0 Å². The van der Waals surface area contributed by atoms with Gasteiger partial charge in [-0.3, -0.25) is 0 Å². The standard InChI is InChI=1S/C24H34O2/c1-18-6-10-20(11-7-18)22-14-16-23(17-15-22)21-12-8-19(9-13-21)4-2-3-5-24(25)26/h3,5-7,10-11,19,21-23H,2,4,8-9,12-17H2,1H3,(H,25,26)/b5-3+. The topological polar surface area (TPSA) is 37.3 Å². The van der Waals surface area contributed by atoms with Crippen molar-refractivity contribution < 1.29 is 9.90 Å². The molecule has 0 saturated heterocycles. The van der Waals surface area contributed by atoms with Gasteiger partial charge < -0.3 is 5.11 Å². The van der Waals surface area contributed by atoms with Crippen LogP contribution >= 0.6 is 0 Å². The Morgan fingerprint density at radius 3 is 2.12 bits per heavy atom. The molecule has 142 valence electrons. The molecular weight excluding hydrogens is 320 g/mol. The largest absolute Gasteiger partial charge is 0.478 e. The first-order valence-corrected chi connectivity index (χ1v) is 10.6. The van der Waals surface area contributed by atoms with Crippen LogP contribution < -0.4 is 0 Å². The lowest BCUT2D eigenvalue weighted by atomic mass is 9.68. The second-order valence-corrected chi connectivity index (χ2v) is 8.62. The lowest BCUT2D eigenvalue weighted by molar-refractivity contribution is -0.131. The summed E-state index contributed by atoms with van der Waals surface area (Å²) in [6, 6.07) is 9.19. The van der Waals surface area contributed by atoms with Crippen LogP contribution in [-0.4, -0.2) is 11.1 Å². The fraction of sp³-hybridized carbons (Fsp3) is 0.625. The Labute approximate surface area is 158 Å². The van der Waals surface area contributed by atoms with E-state index in [4.69, 9.17) is 5.11 Å². The van der Waals surface area contributed by atoms with Gasteiger partial charge in [0.05, 0.1) is 0 Å². The van der Waals surface area contributed by atoms with Gasteiger partial charge in [0.15, 0.2) is 0 Å². The summed E-state index contributed by atoms with van der Waals surface area (Å²) in [5, 5.41) is 8.65. The first-order valence-electron chi connectivity index (χ1n) is 10.6. The van der Waals surface area contributed by atoms with E-state index in [1.54, 1.807) is 5.56 Å². The average molecular weight is 355 g/mol. The third-order valence-electron chi connectivity index (χ3n) is 6.88. The fourth-order valence-electron chi connectivity index (χ4n) is 5.23. The minimum Gasteiger partial charge on any atom is -0.478 e. The second-order valence-electron chi connectivity index (χ2n) is 8.62. The molecule has 1 aromatic rings. The fourth-order valence-corrected chi connectivity index (χ4v) is 5.23. The van der Waals surface area contributed by atoms with Crippen molar-refractivity contribution in [1.82, 2.24) is 0 Å². The smallest absolute Gasteiger partial charge is 0.327 e. The highest BCUT2D eigenvalue weighted by Gasteiger charge is 2.31. The molecule has 3 rings (SSSR count). The minimum absolute atomic E-state index is 0.782. The molecule has 2 heteroatoms. The van der Waals surface area contributed by atoms with Crippen molar-refractivity contribution >= 4 is 5.97 Å². The summed E-state index contributed by atoms with van der Waals surface area (Å²) in [6.07, 6.45) is 16.2. The number of carbonyl (C=O) groups is 1. The molecule has 1 N–H and O–H groups in total. The van der Waals surface area contributed by atoms with Crippen molar-refractivity contribution in [2.75, 3.05) is 0 Å². The van der Waals surface area contributed by atoms with E-state index in [0.29, 0.717) is 0 Å². The van der Waals surface area contributed by atoms with Gasteiger partial charge in [0.25, 0.3) is 0 Å². The van der Waals surface area contributed by atoms with Crippen LogP contribution in [0.4, 0.5) is 0 Å². The zero-order valence-corrected chi connectivity index (χ0v) is 16.2. The van der Waals surface area contributed by atoms with Gasteiger partial charge in [0.1, 0.15) is 0 Å². The predicted molar refractivity (Wildman–Crippen MR) is 107 cm³/mol. The highest BCUT2D eigenvalue weighted by atomic mass is 16.4. The number of hydrogen-bond donors (Lipinski definition) is 1. The molecule has 0 heterocycles. The first-order chi connectivity index (χ1) is 12.6. The van der Waals surface area contributed by atoms with Gasteiger partial charge in [-0.2, -0.15) is 0 Å². The van der Waals surface area contributed by atoms with Crippen LogP contribution in [-0.2, 0) is 4.79 Å². The predicted octanol–water partition coefficient (Wildman–Crippen LogP) is 6.50. The van der Waals surface area contributed by atoms with Crippen molar-refractivity contribution in [1.29, 1.82) is 0 Å². The Bertz CT molecular complexity index is 585. The molecule has 0 bridgehead atoms. The average Bonchev–Trinajstić information content (AvgIpc) is 2.66. The van der Waals surface area contributed by atoms with Gasteiger partial charge in [-0.15, -0.1) is 0 Å². The zero-order chi connectivity index (χ0) is 18.4. The normalized spacial score (nSPS) is 29.7. The van der Waals surface area contributed by atoms with E-state index in [1.807, 2.05) is 6.08 Å². The van der Waals surface area contributed by atoms with Crippen LogP contribution in [0.1, 0.15) is 81.3 Å². The maximum Gasteiger partial charge on any atom is 0.327 e. The number of aliphatic carboxylic acids is 1. The van der Waals surface area contributed by atoms with Gasteiger partial charge in [-0.25, -0.2) is 4.79 Å². The Morgan fingerprint density at radius 2 is 1.54 bits per heavy atom. The van der Waals surface area contributed by atoms with Crippen molar-refractivity contribution in [2.24, 2.45) is 17.8 Å². The molecular formula is C24H34O2. The Morgan fingerprint density at radius 1 is 0.962 bits per heavy atom. The van der Waals surface area contributed by atoms with Crippen LogP contribution in [0.3, 0.4) is 0 Å². The van der Waals surface area contributed by atoms with E-state index in [-0.39, 0.29) is 0 Å². The molecule has 0 spiro atoms. The van der Waals surface area contributed by atoms with Gasteiger partial charge in [-0.05, 0) is 87.5 Å². The summed E-state index contributed by atoms with van der Waals surface area (Å²) in [4.78, 5) is 10.5. The Hall–Kier alpha value is -1.57. The molecule has 0 unspecified atom stereocenters. The maximum atomic E-state index is 10.5. The third-order valence-corrected chi connectivity index (χ3v) is 6.88. The quantitative estimate of drug-likeness (QED) is 0.592. The first kappa shape index (κ1) is 19.2. The van der Waals surface area contributed by atoms with Crippen molar-refractivity contribution in [3.05, 3.63) is 47.5 Å². The molecule has 2 aliphatic carbocycles. The van der Waals surface area contributed by atoms with Gasteiger partial charge in [0, 0.05) is 6.08 Å². The molecule has 0 amide bonds. The van der Waals surface area contributed by atoms with Crippen LogP contribution in [0.5, 0.6) is 0 Å². The minimum atomic E-state index is -0.824. The number of carboxylic acid groups (broad SMARTS) is 1. The SMILES string of the molecule is Cc1ccc(C2CCC(C3CCC(CC/C=C/C(=O)O)CC3)CC2)cc1. The third kappa shape index (κ3) is 5.46. The molecule has 0 aliphatic heterocycles. The molecule has 2 nitrogen and oxygen atoms in total. The molecule has 2 saturated carbocycles. The second kappa shape index (κ2) is 9.39. The van der Waals surface area contributed by atoms with E-state index < -0.39 is 5.97 Å². The summed E-state index contributed by atoms with van der Waals surface area (Å²) in [5.41, 5.74) is 2.91. The van der Waals surface area contributed by atoms with Crippen molar-refractivity contribution in [3.8, 4) is 0 Å².